The molecule has 2 atom stereocenters. The fourth-order valence-electron chi connectivity index (χ4n) is 4.45. The van der Waals surface area contributed by atoms with Crippen molar-refractivity contribution in [2.24, 2.45) is 0 Å². The lowest BCUT2D eigenvalue weighted by Crippen LogP contribution is -2.66. The molecule has 1 aliphatic rings. The summed E-state index contributed by atoms with van der Waals surface area (Å²) in [5, 5.41) is 21.4. The number of halogens is 1. The van der Waals surface area contributed by atoms with Crippen LogP contribution in [0, 0.1) is 5.82 Å². The van der Waals surface area contributed by atoms with Crippen molar-refractivity contribution in [3.05, 3.63) is 59.4 Å². The Bertz CT molecular complexity index is 913. The first kappa shape index (κ1) is 27.3. The summed E-state index contributed by atoms with van der Waals surface area (Å²) in [5.41, 5.74) is 0.419. The molecule has 1 heterocycles. The van der Waals surface area contributed by atoms with Crippen LogP contribution in [0.5, 0.6) is 11.5 Å². The number of nitrogens with one attached hydrogen (secondary N) is 3. The maximum Gasteiger partial charge on any atom is 0.139 e. The van der Waals surface area contributed by atoms with E-state index < -0.39 is 5.60 Å². The van der Waals surface area contributed by atoms with E-state index in [9.17, 15) is 9.50 Å². The van der Waals surface area contributed by atoms with Crippen LogP contribution in [0.3, 0.4) is 0 Å². The average molecular weight is 491 g/mol. The van der Waals surface area contributed by atoms with E-state index in [0.29, 0.717) is 56.3 Å². The molecule has 35 heavy (non-hydrogen) atoms. The van der Waals surface area contributed by atoms with Crippen LogP contribution >= 0.6 is 0 Å². The lowest BCUT2D eigenvalue weighted by Gasteiger charge is -2.43. The molecule has 0 saturated carbocycles. The molecule has 194 valence electrons. The first-order valence-electron chi connectivity index (χ1n) is 12.1. The minimum atomic E-state index is -1.19. The van der Waals surface area contributed by atoms with Gasteiger partial charge in [-0.15, -0.1) is 0 Å². The van der Waals surface area contributed by atoms with E-state index in [1.807, 2.05) is 38.4 Å². The summed E-state index contributed by atoms with van der Waals surface area (Å²) in [6.45, 7) is 4.30. The predicted octanol–water partition coefficient (Wildman–Crippen LogP) is 1.37. The lowest BCUT2D eigenvalue weighted by molar-refractivity contribution is -0.103. The van der Waals surface area contributed by atoms with Crippen LogP contribution in [-0.4, -0.2) is 89.0 Å². The van der Waals surface area contributed by atoms with Crippen molar-refractivity contribution in [2.75, 3.05) is 67.2 Å². The summed E-state index contributed by atoms with van der Waals surface area (Å²) in [5.74, 6) is 1.12. The minimum absolute atomic E-state index is 0.0755. The van der Waals surface area contributed by atoms with Crippen molar-refractivity contribution in [3.63, 3.8) is 0 Å². The van der Waals surface area contributed by atoms with E-state index in [4.69, 9.17) is 14.2 Å². The second-order valence-electron chi connectivity index (χ2n) is 8.75. The summed E-state index contributed by atoms with van der Waals surface area (Å²) in [4.78, 5) is 2.18. The van der Waals surface area contributed by atoms with Gasteiger partial charge in [0.25, 0.3) is 0 Å². The quantitative estimate of drug-likeness (QED) is 0.296. The largest absolute Gasteiger partial charge is 0.497 e. The number of aliphatic hydroxyl groups is 1. The Morgan fingerprint density at radius 3 is 2.60 bits per heavy atom. The highest BCUT2D eigenvalue weighted by Crippen LogP contribution is 2.27. The molecule has 1 saturated heterocycles. The molecule has 2 aromatic carbocycles. The maximum atomic E-state index is 13.9. The van der Waals surface area contributed by atoms with Crippen molar-refractivity contribution in [1.82, 2.24) is 20.9 Å². The average Bonchev–Trinajstić information content (AvgIpc) is 2.88. The summed E-state index contributed by atoms with van der Waals surface area (Å²) in [7, 11) is 5.27. The molecule has 9 heteroatoms. The SMILES string of the molecule is CNCC(O)(COc1cc(OC)ccc1CNCCc1ccccc1F)C(NC)N1CCOCC1. The van der Waals surface area contributed by atoms with E-state index in [-0.39, 0.29) is 18.6 Å². The molecule has 4 N–H and O–H groups in total. The third-order valence-corrected chi connectivity index (χ3v) is 6.27. The van der Waals surface area contributed by atoms with Gasteiger partial charge in [-0.25, -0.2) is 4.39 Å². The lowest BCUT2D eigenvalue weighted by atomic mass is 9.99. The molecule has 0 radical (unpaired) electrons. The zero-order valence-corrected chi connectivity index (χ0v) is 21.0. The molecule has 1 fully saturated rings. The molecule has 0 bridgehead atoms. The highest BCUT2D eigenvalue weighted by Gasteiger charge is 2.40. The Morgan fingerprint density at radius 2 is 1.91 bits per heavy atom. The van der Waals surface area contributed by atoms with Crippen LogP contribution in [0.25, 0.3) is 0 Å². The van der Waals surface area contributed by atoms with E-state index in [1.54, 1.807) is 19.2 Å². The van der Waals surface area contributed by atoms with Gasteiger partial charge >= 0.3 is 0 Å². The van der Waals surface area contributed by atoms with Crippen LogP contribution in [0.4, 0.5) is 4.39 Å². The van der Waals surface area contributed by atoms with Crippen molar-refractivity contribution in [2.45, 2.75) is 24.7 Å². The van der Waals surface area contributed by atoms with Gasteiger partial charge in [0.05, 0.1) is 26.5 Å². The monoisotopic (exact) mass is 490 g/mol. The molecule has 0 aliphatic carbocycles. The fourth-order valence-corrected chi connectivity index (χ4v) is 4.45. The molecule has 0 aromatic heterocycles. The molecule has 2 aromatic rings. The van der Waals surface area contributed by atoms with Crippen molar-refractivity contribution in [1.29, 1.82) is 0 Å². The minimum Gasteiger partial charge on any atom is -0.497 e. The Morgan fingerprint density at radius 1 is 1.14 bits per heavy atom. The molecule has 8 nitrogen and oxygen atoms in total. The second kappa shape index (κ2) is 13.7. The van der Waals surface area contributed by atoms with Crippen LogP contribution < -0.4 is 25.4 Å². The van der Waals surface area contributed by atoms with Gasteiger partial charge in [-0.1, -0.05) is 24.3 Å². The first-order chi connectivity index (χ1) is 17.0. The normalized spacial score (nSPS) is 17.1. The summed E-state index contributed by atoms with van der Waals surface area (Å²) in [6, 6.07) is 12.5. The molecule has 1 aliphatic heterocycles. The summed E-state index contributed by atoms with van der Waals surface area (Å²) < 4.78 is 31.0. The number of ether oxygens (including phenoxy) is 3. The van der Waals surface area contributed by atoms with Crippen molar-refractivity contribution < 1.29 is 23.7 Å². The van der Waals surface area contributed by atoms with E-state index in [0.717, 1.165) is 18.7 Å². The molecular formula is C26H39FN4O4. The Labute approximate surface area is 207 Å². The van der Waals surface area contributed by atoms with E-state index in [1.165, 1.54) is 6.07 Å². The van der Waals surface area contributed by atoms with Gasteiger partial charge in [0.2, 0.25) is 0 Å². The number of hydrogen-bond donors (Lipinski definition) is 4. The molecule has 0 amide bonds. The third kappa shape index (κ3) is 7.60. The van der Waals surface area contributed by atoms with Gasteiger partial charge in [-0.2, -0.15) is 0 Å². The molecular weight excluding hydrogens is 451 g/mol. The standard InChI is InChI=1S/C26H39FN4O4/c1-28-18-26(32,25(29-2)31-12-14-34-15-13-31)19-35-24-16-22(33-3)9-8-21(24)17-30-11-10-20-6-4-5-7-23(20)27/h4-9,16,25,28-30,32H,10-15,17-19H2,1-3H3. The number of hydrogen-bond acceptors (Lipinski definition) is 8. The number of benzene rings is 2. The summed E-state index contributed by atoms with van der Waals surface area (Å²) in [6.07, 6.45) is 0.274. The Balaban J connectivity index is 1.67. The van der Waals surface area contributed by atoms with Gasteiger partial charge in [0.15, 0.2) is 0 Å². The van der Waals surface area contributed by atoms with Gasteiger partial charge < -0.3 is 35.3 Å². The zero-order chi connectivity index (χ0) is 25.1. The van der Waals surface area contributed by atoms with Crippen LogP contribution in [0.15, 0.2) is 42.5 Å². The first-order valence-corrected chi connectivity index (χ1v) is 12.1. The van der Waals surface area contributed by atoms with E-state index in [2.05, 4.69) is 20.9 Å². The van der Waals surface area contributed by atoms with Gasteiger partial charge in [0.1, 0.15) is 29.5 Å². The van der Waals surface area contributed by atoms with Crippen LogP contribution in [-0.2, 0) is 17.7 Å². The van der Waals surface area contributed by atoms with E-state index >= 15 is 0 Å². The molecule has 0 spiro atoms. The third-order valence-electron chi connectivity index (χ3n) is 6.27. The zero-order valence-electron chi connectivity index (χ0n) is 21.0. The van der Waals surface area contributed by atoms with Crippen LogP contribution in [0.1, 0.15) is 11.1 Å². The predicted molar refractivity (Wildman–Crippen MR) is 134 cm³/mol. The number of morpholine rings is 1. The van der Waals surface area contributed by atoms with Crippen LogP contribution in [0.2, 0.25) is 0 Å². The number of nitrogens with zero attached hydrogens (tertiary/aromatic N) is 1. The van der Waals surface area contributed by atoms with Gasteiger partial charge in [-0.3, -0.25) is 4.90 Å². The number of rotatable bonds is 14. The second-order valence-corrected chi connectivity index (χ2v) is 8.75. The topological polar surface area (TPSA) is 87.2 Å². The fraction of sp³-hybridized carbons (Fsp3) is 0.538. The number of methoxy groups -OCH3 is 1. The maximum absolute atomic E-state index is 13.9. The molecule has 3 rings (SSSR count). The summed E-state index contributed by atoms with van der Waals surface area (Å²) >= 11 is 0. The smallest absolute Gasteiger partial charge is 0.139 e. The highest BCUT2D eigenvalue weighted by molar-refractivity contribution is 5.41. The van der Waals surface area contributed by atoms with Gasteiger partial charge in [0, 0.05) is 37.8 Å². The van der Waals surface area contributed by atoms with Crippen molar-refractivity contribution in [3.8, 4) is 11.5 Å². The van der Waals surface area contributed by atoms with Gasteiger partial charge in [-0.05, 0) is 44.8 Å². The van der Waals surface area contributed by atoms with Crippen molar-refractivity contribution >= 4 is 0 Å². The Hall–Kier alpha value is -2.27. The Kier molecular flexibility index (Phi) is 10.7. The molecule has 2 unspecified atom stereocenters. The highest BCUT2D eigenvalue weighted by atomic mass is 19.1. The number of likely N-dealkylation sites (N-methyl/N-ethyl adjacent to an activating group) is 2.